The molecule has 0 aromatic heterocycles. The van der Waals surface area contributed by atoms with Crippen LogP contribution in [0.4, 0.5) is 5.69 Å². The molecule has 1 aromatic carbocycles. The SMILES string of the molecule is COC(=O)C1CCN(C(=O)[C@@H](C)N(c2ccc(OC)c(Cl)c2)S(C)(=O)=O)CC1. The average Bonchev–Trinajstić information content (AvgIpc) is 2.66. The number of rotatable bonds is 6. The number of amides is 1. The number of piperidine rings is 1. The van der Waals surface area contributed by atoms with Crippen molar-refractivity contribution in [2.24, 2.45) is 5.92 Å². The van der Waals surface area contributed by atoms with Gasteiger partial charge < -0.3 is 14.4 Å². The third kappa shape index (κ3) is 4.88. The molecule has 8 nitrogen and oxygen atoms in total. The Morgan fingerprint density at radius 3 is 2.32 bits per heavy atom. The van der Waals surface area contributed by atoms with Crippen LogP contribution in [0.2, 0.25) is 5.02 Å². The molecule has 1 saturated heterocycles. The number of carbonyl (C=O) groups excluding carboxylic acids is 2. The molecule has 1 aliphatic heterocycles. The highest BCUT2D eigenvalue weighted by Gasteiger charge is 2.35. The van der Waals surface area contributed by atoms with Crippen molar-refractivity contribution >= 4 is 39.2 Å². The Balaban J connectivity index is 2.22. The van der Waals surface area contributed by atoms with Crippen molar-refractivity contribution in [3.63, 3.8) is 0 Å². The maximum absolute atomic E-state index is 13.0. The normalized spacial score (nSPS) is 16.4. The molecule has 1 amide bonds. The number of hydrogen-bond acceptors (Lipinski definition) is 6. The lowest BCUT2D eigenvalue weighted by Crippen LogP contribution is -2.51. The molecule has 1 fully saturated rings. The van der Waals surface area contributed by atoms with Gasteiger partial charge in [0.25, 0.3) is 0 Å². The van der Waals surface area contributed by atoms with Crippen molar-refractivity contribution < 1.29 is 27.5 Å². The number of anilines is 1. The third-order valence-corrected chi connectivity index (χ3v) is 6.33. The van der Waals surface area contributed by atoms with E-state index >= 15 is 0 Å². The molecule has 0 spiro atoms. The molecule has 1 heterocycles. The van der Waals surface area contributed by atoms with Crippen molar-refractivity contribution in [2.75, 3.05) is 37.9 Å². The summed E-state index contributed by atoms with van der Waals surface area (Å²) in [4.78, 5) is 26.2. The number of sulfonamides is 1. The topological polar surface area (TPSA) is 93.2 Å². The largest absolute Gasteiger partial charge is 0.495 e. The first-order valence-electron chi connectivity index (χ1n) is 8.79. The van der Waals surface area contributed by atoms with Crippen LogP contribution in [0.5, 0.6) is 5.75 Å². The summed E-state index contributed by atoms with van der Waals surface area (Å²) in [6.07, 6.45) is 2.01. The van der Waals surface area contributed by atoms with Crippen molar-refractivity contribution in [3.05, 3.63) is 23.2 Å². The van der Waals surface area contributed by atoms with E-state index in [1.165, 1.54) is 27.2 Å². The molecule has 0 radical (unpaired) electrons. The summed E-state index contributed by atoms with van der Waals surface area (Å²) < 4.78 is 35.7. The van der Waals surface area contributed by atoms with Crippen molar-refractivity contribution in [3.8, 4) is 5.75 Å². The summed E-state index contributed by atoms with van der Waals surface area (Å²) in [5.41, 5.74) is 0.276. The Kier molecular flexibility index (Phi) is 7.16. The van der Waals surface area contributed by atoms with Crippen LogP contribution in [0, 0.1) is 5.92 Å². The minimum atomic E-state index is -3.75. The van der Waals surface area contributed by atoms with Gasteiger partial charge in [-0.2, -0.15) is 0 Å². The Morgan fingerprint density at radius 1 is 1.25 bits per heavy atom. The van der Waals surface area contributed by atoms with Crippen LogP contribution in [0.3, 0.4) is 0 Å². The van der Waals surface area contributed by atoms with Gasteiger partial charge in [0.2, 0.25) is 15.9 Å². The summed E-state index contributed by atoms with van der Waals surface area (Å²) in [5.74, 6) is -0.454. The van der Waals surface area contributed by atoms with E-state index in [4.69, 9.17) is 21.1 Å². The van der Waals surface area contributed by atoms with E-state index in [0.717, 1.165) is 10.6 Å². The number of methoxy groups -OCH3 is 2. The Morgan fingerprint density at radius 2 is 1.86 bits per heavy atom. The minimum absolute atomic E-state index is 0.240. The number of hydrogen-bond donors (Lipinski definition) is 0. The maximum Gasteiger partial charge on any atom is 0.308 e. The molecule has 1 aromatic rings. The highest BCUT2D eigenvalue weighted by molar-refractivity contribution is 7.92. The van der Waals surface area contributed by atoms with Gasteiger partial charge in [-0.05, 0) is 38.0 Å². The fourth-order valence-corrected chi connectivity index (χ4v) is 4.77. The van der Waals surface area contributed by atoms with Crippen LogP contribution < -0.4 is 9.04 Å². The van der Waals surface area contributed by atoms with Crippen molar-refractivity contribution in [2.45, 2.75) is 25.8 Å². The summed E-state index contributed by atoms with van der Waals surface area (Å²) in [6.45, 7) is 2.27. The van der Waals surface area contributed by atoms with Gasteiger partial charge in [-0.25, -0.2) is 8.42 Å². The number of ether oxygens (including phenoxy) is 2. The highest BCUT2D eigenvalue weighted by Crippen LogP contribution is 2.32. The second-order valence-electron chi connectivity index (χ2n) is 6.68. The van der Waals surface area contributed by atoms with Crippen LogP contribution in [-0.2, 0) is 24.3 Å². The zero-order valence-electron chi connectivity index (χ0n) is 16.3. The molecule has 1 aliphatic rings. The lowest BCUT2D eigenvalue weighted by molar-refractivity contribution is -0.149. The quantitative estimate of drug-likeness (QED) is 0.637. The van der Waals surface area contributed by atoms with E-state index in [9.17, 15) is 18.0 Å². The molecular weight excluding hydrogens is 408 g/mol. The van der Waals surface area contributed by atoms with E-state index in [-0.39, 0.29) is 28.5 Å². The van der Waals surface area contributed by atoms with Crippen molar-refractivity contribution in [1.29, 1.82) is 0 Å². The van der Waals surface area contributed by atoms with Gasteiger partial charge in [0.1, 0.15) is 11.8 Å². The highest BCUT2D eigenvalue weighted by atomic mass is 35.5. The second kappa shape index (κ2) is 9.00. The predicted molar refractivity (Wildman–Crippen MR) is 106 cm³/mol. The first-order chi connectivity index (χ1) is 13.1. The summed E-state index contributed by atoms with van der Waals surface area (Å²) in [5, 5.41) is 0.243. The lowest BCUT2D eigenvalue weighted by Gasteiger charge is -2.36. The summed E-state index contributed by atoms with van der Waals surface area (Å²) in [7, 11) is -0.956. The minimum Gasteiger partial charge on any atom is -0.495 e. The lowest BCUT2D eigenvalue weighted by atomic mass is 9.96. The van der Waals surface area contributed by atoms with Crippen LogP contribution >= 0.6 is 11.6 Å². The Bertz CT molecular complexity index is 836. The van der Waals surface area contributed by atoms with E-state index in [0.29, 0.717) is 31.7 Å². The number of likely N-dealkylation sites (tertiary alicyclic amines) is 1. The van der Waals surface area contributed by atoms with E-state index in [1.54, 1.807) is 17.0 Å². The molecule has 0 unspecified atom stereocenters. The first-order valence-corrected chi connectivity index (χ1v) is 11.0. The van der Waals surface area contributed by atoms with E-state index in [1.807, 2.05) is 0 Å². The number of carbonyl (C=O) groups is 2. The Hall–Kier alpha value is -2.00. The number of halogens is 1. The van der Waals surface area contributed by atoms with Gasteiger partial charge in [0.15, 0.2) is 0 Å². The van der Waals surface area contributed by atoms with Gasteiger partial charge in [-0.15, -0.1) is 0 Å². The Labute approximate surface area is 170 Å². The maximum atomic E-state index is 13.0. The van der Waals surface area contributed by atoms with Crippen molar-refractivity contribution in [1.82, 2.24) is 4.90 Å². The summed E-state index contributed by atoms with van der Waals surface area (Å²) in [6, 6.07) is 3.58. The fraction of sp³-hybridized carbons (Fsp3) is 0.556. The van der Waals surface area contributed by atoms with Gasteiger partial charge in [0, 0.05) is 13.1 Å². The van der Waals surface area contributed by atoms with E-state index < -0.39 is 16.1 Å². The molecular formula is C18H25ClN2O6S. The second-order valence-corrected chi connectivity index (χ2v) is 8.94. The molecule has 0 N–H and O–H groups in total. The predicted octanol–water partition coefficient (Wildman–Crippen LogP) is 1.91. The molecule has 0 bridgehead atoms. The molecule has 28 heavy (non-hydrogen) atoms. The average molecular weight is 433 g/mol. The smallest absolute Gasteiger partial charge is 0.308 e. The molecule has 2 rings (SSSR count). The first kappa shape index (κ1) is 22.3. The number of nitrogens with zero attached hydrogens (tertiary/aromatic N) is 2. The molecule has 0 saturated carbocycles. The monoisotopic (exact) mass is 432 g/mol. The number of benzene rings is 1. The van der Waals surface area contributed by atoms with Crippen LogP contribution in [0.15, 0.2) is 18.2 Å². The van der Waals surface area contributed by atoms with Gasteiger partial charge in [-0.3, -0.25) is 13.9 Å². The number of esters is 1. The van der Waals surface area contributed by atoms with E-state index in [2.05, 4.69) is 0 Å². The zero-order valence-corrected chi connectivity index (χ0v) is 17.9. The standard InChI is InChI=1S/C18H25ClN2O6S/c1-12(17(22)20-9-7-13(8-10-20)18(23)27-3)21(28(4,24)25)14-5-6-16(26-2)15(19)11-14/h5-6,11-13H,7-10H2,1-4H3/t12-/m1/s1. The molecule has 10 heteroatoms. The van der Waals surface area contributed by atoms with Gasteiger partial charge >= 0.3 is 5.97 Å². The summed E-state index contributed by atoms with van der Waals surface area (Å²) >= 11 is 6.13. The molecule has 1 atom stereocenters. The van der Waals surface area contributed by atoms with Crippen LogP contribution in [0.25, 0.3) is 0 Å². The van der Waals surface area contributed by atoms with Crippen LogP contribution in [-0.4, -0.2) is 64.8 Å². The molecule has 0 aliphatic carbocycles. The van der Waals surface area contributed by atoms with Gasteiger partial charge in [0.05, 0.1) is 37.1 Å². The van der Waals surface area contributed by atoms with Crippen LogP contribution in [0.1, 0.15) is 19.8 Å². The fourth-order valence-electron chi connectivity index (χ4n) is 3.36. The zero-order chi connectivity index (χ0) is 21.1. The third-order valence-electron chi connectivity index (χ3n) is 4.80. The van der Waals surface area contributed by atoms with Gasteiger partial charge in [-0.1, -0.05) is 11.6 Å². The molecule has 156 valence electrons.